The van der Waals surface area contributed by atoms with Gasteiger partial charge in [0.1, 0.15) is 0 Å². The molecule has 1 aliphatic heterocycles. The van der Waals surface area contributed by atoms with Crippen molar-refractivity contribution in [2.75, 3.05) is 12.3 Å². The second kappa shape index (κ2) is 6.32. The van der Waals surface area contributed by atoms with Crippen molar-refractivity contribution in [3.63, 3.8) is 0 Å². The molecule has 19 heavy (non-hydrogen) atoms. The molecule has 0 radical (unpaired) electrons. The van der Waals surface area contributed by atoms with Crippen molar-refractivity contribution in [3.05, 3.63) is 29.8 Å². The van der Waals surface area contributed by atoms with Crippen LogP contribution in [0.25, 0.3) is 0 Å². The van der Waals surface area contributed by atoms with Gasteiger partial charge in [0.15, 0.2) is 0 Å². The van der Waals surface area contributed by atoms with Crippen LogP contribution in [0.5, 0.6) is 0 Å². The lowest BCUT2D eigenvalue weighted by Gasteiger charge is -2.20. The highest BCUT2D eigenvalue weighted by atomic mass is 32.2. The standard InChI is InChI=1S/C17H25NS/c1-2-11-18-16(13-7-8-13)10-9-14-12-19-17-6-4-3-5-15(14)17/h3-6,13-14,16,18H,2,7-12H2,1H3. The molecule has 0 amide bonds. The van der Waals surface area contributed by atoms with Crippen molar-refractivity contribution in [1.29, 1.82) is 0 Å². The number of benzene rings is 1. The molecular formula is C17H25NS. The van der Waals surface area contributed by atoms with Gasteiger partial charge in [-0.1, -0.05) is 25.1 Å². The van der Waals surface area contributed by atoms with Gasteiger partial charge in [-0.25, -0.2) is 0 Å². The number of hydrogen-bond donors (Lipinski definition) is 1. The smallest absolute Gasteiger partial charge is 0.0107 e. The molecule has 1 aromatic carbocycles. The average molecular weight is 275 g/mol. The van der Waals surface area contributed by atoms with E-state index in [9.17, 15) is 0 Å². The number of rotatable bonds is 7. The predicted molar refractivity (Wildman–Crippen MR) is 83.9 cm³/mol. The number of thioether (sulfide) groups is 1. The second-order valence-corrected chi connectivity index (χ2v) is 7.08. The fraction of sp³-hybridized carbons (Fsp3) is 0.647. The first-order valence-corrected chi connectivity index (χ1v) is 8.82. The van der Waals surface area contributed by atoms with Crippen LogP contribution in [0.2, 0.25) is 0 Å². The second-order valence-electron chi connectivity index (χ2n) is 6.02. The summed E-state index contributed by atoms with van der Waals surface area (Å²) in [5, 5.41) is 3.77. The molecule has 0 aromatic heterocycles. The molecule has 104 valence electrons. The van der Waals surface area contributed by atoms with Crippen LogP contribution in [0.1, 0.15) is 50.5 Å². The highest BCUT2D eigenvalue weighted by Gasteiger charge is 2.32. The third-order valence-electron chi connectivity index (χ3n) is 4.47. The summed E-state index contributed by atoms with van der Waals surface area (Å²) in [5.41, 5.74) is 1.61. The average Bonchev–Trinajstić information content (AvgIpc) is 3.20. The quantitative estimate of drug-likeness (QED) is 0.790. The molecule has 2 atom stereocenters. The van der Waals surface area contributed by atoms with Crippen LogP contribution in [-0.4, -0.2) is 18.3 Å². The van der Waals surface area contributed by atoms with Gasteiger partial charge >= 0.3 is 0 Å². The van der Waals surface area contributed by atoms with Crippen LogP contribution in [0.15, 0.2) is 29.2 Å². The fourth-order valence-electron chi connectivity index (χ4n) is 3.18. The van der Waals surface area contributed by atoms with E-state index in [0.717, 1.165) is 17.9 Å². The third kappa shape index (κ3) is 3.35. The molecule has 2 unspecified atom stereocenters. The molecular weight excluding hydrogens is 250 g/mol. The normalized spacial score (nSPS) is 23.3. The van der Waals surface area contributed by atoms with Gasteiger partial charge in [0, 0.05) is 16.7 Å². The molecule has 1 aromatic rings. The predicted octanol–water partition coefficient (Wildman–Crippen LogP) is 4.43. The van der Waals surface area contributed by atoms with Gasteiger partial charge < -0.3 is 5.32 Å². The molecule has 1 heterocycles. The summed E-state index contributed by atoms with van der Waals surface area (Å²) in [6.07, 6.45) is 6.90. The van der Waals surface area contributed by atoms with Crippen molar-refractivity contribution >= 4 is 11.8 Å². The maximum Gasteiger partial charge on any atom is 0.0107 e. The van der Waals surface area contributed by atoms with Gasteiger partial charge in [-0.3, -0.25) is 0 Å². The van der Waals surface area contributed by atoms with E-state index in [0.29, 0.717) is 0 Å². The van der Waals surface area contributed by atoms with E-state index >= 15 is 0 Å². The molecule has 0 bridgehead atoms. The van der Waals surface area contributed by atoms with Crippen molar-refractivity contribution in [3.8, 4) is 0 Å². The third-order valence-corrected chi connectivity index (χ3v) is 5.72. The summed E-state index contributed by atoms with van der Waals surface area (Å²) < 4.78 is 0. The van der Waals surface area contributed by atoms with E-state index in [1.165, 1.54) is 49.3 Å². The van der Waals surface area contributed by atoms with Crippen LogP contribution in [0.4, 0.5) is 0 Å². The molecule has 1 N–H and O–H groups in total. The monoisotopic (exact) mass is 275 g/mol. The van der Waals surface area contributed by atoms with Crippen molar-refractivity contribution in [1.82, 2.24) is 5.32 Å². The summed E-state index contributed by atoms with van der Waals surface area (Å²) in [4.78, 5) is 1.52. The first kappa shape index (κ1) is 13.5. The van der Waals surface area contributed by atoms with Gasteiger partial charge in [-0.05, 0) is 62.1 Å². The molecule has 2 aliphatic rings. The minimum absolute atomic E-state index is 0.790. The summed E-state index contributed by atoms with van der Waals surface area (Å²) in [7, 11) is 0. The highest BCUT2D eigenvalue weighted by molar-refractivity contribution is 7.99. The molecule has 1 nitrogen and oxygen atoms in total. The summed E-state index contributed by atoms with van der Waals surface area (Å²) in [5.74, 6) is 3.08. The van der Waals surface area contributed by atoms with Crippen molar-refractivity contribution in [2.45, 2.75) is 55.9 Å². The highest BCUT2D eigenvalue weighted by Crippen LogP contribution is 2.43. The first-order chi connectivity index (χ1) is 9.38. The summed E-state index contributed by atoms with van der Waals surface area (Å²) in [6, 6.07) is 9.78. The Morgan fingerprint density at radius 3 is 2.95 bits per heavy atom. The minimum atomic E-state index is 0.790. The number of fused-ring (bicyclic) bond motifs is 1. The van der Waals surface area contributed by atoms with Crippen molar-refractivity contribution in [2.24, 2.45) is 5.92 Å². The maximum absolute atomic E-state index is 3.77. The fourth-order valence-corrected chi connectivity index (χ4v) is 4.48. The summed E-state index contributed by atoms with van der Waals surface area (Å²) >= 11 is 2.05. The molecule has 3 rings (SSSR count). The lowest BCUT2D eigenvalue weighted by Crippen LogP contribution is -2.32. The van der Waals surface area contributed by atoms with Gasteiger partial charge in [0.05, 0.1) is 0 Å². The molecule has 0 spiro atoms. The molecule has 2 heteroatoms. The first-order valence-electron chi connectivity index (χ1n) is 7.83. The van der Waals surface area contributed by atoms with Crippen LogP contribution in [0.3, 0.4) is 0 Å². The van der Waals surface area contributed by atoms with E-state index in [1.54, 1.807) is 5.56 Å². The van der Waals surface area contributed by atoms with Crippen molar-refractivity contribution < 1.29 is 0 Å². The van der Waals surface area contributed by atoms with Crippen LogP contribution < -0.4 is 5.32 Å². The van der Waals surface area contributed by atoms with E-state index in [1.807, 2.05) is 11.8 Å². The lowest BCUT2D eigenvalue weighted by atomic mass is 9.93. The Morgan fingerprint density at radius 1 is 1.32 bits per heavy atom. The Balaban J connectivity index is 1.54. The molecule has 1 saturated carbocycles. The van der Waals surface area contributed by atoms with Gasteiger partial charge in [-0.15, -0.1) is 11.8 Å². The van der Waals surface area contributed by atoms with E-state index in [4.69, 9.17) is 0 Å². The Bertz CT molecular complexity index is 413. The SMILES string of the molecule is CCCNC(CCC1CSc2ccccc21)C1CC1. The van der Waals surface area contributed by atoms with Crippen LogP contribution in [0, 0.1) is 5.92 Å². The minimum Gasteiger partial charge on any atom is -0.314 e. The van der Waals surface area contributed by atoms with E-state index in [2.05, 4.69) is 36.5 Å². The zero-order valence-corrected chi connectivity index (χ0v) is 12.7. The Kier molecular flexibility index (Phi) is 4.49. The van der Waals surface area contributed by atoms with Crippen LogP contribution >= 0.6 is 11.8 Å². The Morgan fingerprint density at radius 2 is 2.16 bits per heavy atom. The van der Waals surface area contributed by atoms with Gasteiger partial charge in [0.2, 0.25) is 0 Å². The molecule has 1 fully saturated rings. The zero-order chi connectivity index (χ0) is 13.1. The zero-order valence-electron chi connectivity index (χ0n) is 11.9. The Hall–Kier alpha value is -0.470. The molecule has 1 aliphatic carbocycles. The van der Waals surface area contributed by atoms with E-state index in [-0.39, 0.29) is 0 Å². The lowest BCUT2D eigenvalue weighted by molar-refractivity contribution is 0.413. The maximum atomic E-state index is 3.77. The Labute approximate surface area is 121 Å². The summed E-state index contributed by atoms with van der Waals surface area (Å²) in [6.45, 7) is 3.46. The van der Waals surface area contributed by atoms with E-state index < -0.39 is 0 Å². The topological polar surface area (TPSA) is 12.0 Å². The van der Waals surface area contributed by atoms with Gasteiger partial charge in [0.25, 0.3) is 0 Å². The van der Waals surface area contributed by atoms with Gasteiger partial charge in [-0.2, -0.15) is 0 Å². The largest absolute Gasteiger partial charge is 0.314 e. The van der Waals surface area contributed by atoms with Crippen LogP contribution in [-0.2, 0) is 0 Å². The molecule has 0 saturated heterocycles. The number of nitrogens with one attached hydrogen (secondary N) is 1. The number of hydrogen-bond acceptors (Lipinski definition) is 2.